The minimum absolute atomic E-state index is 0.0131. The molecule has 4 heteroatoms. The van der Waals surface area contributed by atoms with Crippen molar-refractivity contribution >= 4 is 79.2 Å². The molecule has 2 aliphatic heterocycles. The molecule has 0 saturated carbocycles. The highest BCUT2D eigenvalue weighted by Crippen LogP contribution is 2.48. The smallest absolute Gasteiger partial charge is 0.252 e. The quantitative estimate of drug-likeness (QED) is 0.166. The van der Waals surface area contributed by atoms with Gasteiger partial charge in [-0.25, -0.2) is 0 Å². The number of furan rings is 1. The molecule has 0 spiro atoms. The topological polar surface area (TPSA) is 19.6 Å². The molecule has 0 atom stereocenters. The molecule has 8 aromatic rings. The SMILES string of the molecule is CC(C)(C)c1ccc(N2c3cc(C(C)(C)C)ccc3B3c4ccc(C(C)(C)C)cc4N(c4ccc(-c5cccc6oc7ccccc7c56)cc4)c4cc(C(C)(C)C)cc2c43)cc1. The fourth-order valence-electron chi connectivity index (χ4n) is 9.83. The summed E-state index contributed by atoms with van der Waals surface area (Å²) in [5.74, 6) is 0. The third kappa shape index (κ3) is 6.48. The van der Waals surface area contributed by atoms with Gasteiger partial charge in [0.15, 0.2) is 0 Å². The summed E-state index contributed by atoms with van der Waals surface area (Å²) in [5.41, 5.74) is 20.8. The zero-order valence-electron chi connectivity index (χ0n) is 38.7. The summed E-state index contributed by atoms with van der Waals surface area (Å²) in [4.78, 5) is 5.15. The van der Waals surface area contributed by atoms with Gasteiger partial charge >= 0.3 is 0 Å². The maximum absolute atomic E-state index is 6.32. The van der Waals surface area contributed by atoms with E-state index in [-0.39, 0.29) is 28.4 Å². The molecule has 0 N–H and O–H groups in total. The zero-order chi connectivity index (χ0) is 43.7. The number of anilines is 6. The van der Waals surface area contributed by atoms with Gasteiger partial charge < -0.3 is 14.2 Å². The second kappa shape index (κ2) is 13.8. The first-order valence-electron chi connectivity index (χ1n) is 22.5. The van der Waals surface area contributed by atoms with Gasteiger partial charge in [-0.15, -0.1) is 0 Å². The highest BCUT2D eigenvalue weighted by Gasteiger charge is 2.45. The van der Waals surface area contributed by atoms with Gasteiger partial charge in [-0.2, -0.15) is 0 Å². The van der Waals surface area contributed by atoms with E-state index in [2.05, 4.69) is 226 Å². The van der Waals surface area contributed by atoms with Crippen molar-refractivity contribution in [1.29, 1.82) is 0 Å². The number of nitrogens with zero attached hydrogens (tertiary/aromatic N) is 2. The van der Waals surface area contributed by atoms with E-state index >= 15 is 0 Å². The van der Waals surface area contributed by atoms with Crippen LogP contribution < -0.4 is 26.2 Å². The van der Waals surface area contributed by atoms with Crippen molar-refractivity contribution in [1.82, 2.24) is 0 Å². The van der Waals surface area contributed by atoms with Gasteiger partial charge in [0, 0.05) is 44.9 Å². The Labute approximate surface area is 369 Å². The molecule has 7 aromatic carbocycles. The summed E-state index contributed by atoms with van der Waals surface area (Å²) in [6.45, 7) is 28.0. The van der Waals surface area contributed by atoms with Gasteiger partial charge in [0.1, 0.15) is 11.2 Å². The third-order valence-corrected chi connectivity index (χ3v) is 13.5. The van der Waals surface area contributed by atoms with Crippen LogP contribution in [0, 0.1) is 0 Å². The van der Waals surface area contributed by atoms with Gasteiger partial charge in [-0.05, 0) is 132 Å². The number of benzene rings is 7. The molecule has 0 saturated heterocycles. The minimum Gasteiger partial charge on any atom is -0.456 e. The monoisotopic (exact) mass is 810 g/mol. The lowest BCUT2D eigenvalue weighted by Gasteiger charge is -2.45. The number of hydrogen-bond acceptors (Lipinski definition) is 3. The van der Waals surface area contributed by atoms with Crippen LogP contribution in [-0.2, 0) is 21.7 Å². The van der Waals surface area contributed by atoms with Crippen LogP contribution in [0.1, 0.15) is 105 Å². The molecule has 0 bridgehead atoms. The van der Waals surface area contributed by atoms with E-state index in [0.717, 1.165) is 27.6 Å². The predicted molar refractivity (Wildman–Crippen MR) is 268 cm³/mol. The molecule has 0 aliphatic carbocycles. The summed E-state index contributed by atoms with van der Waals surface area (Å²) >= 11 is 0. The Morgan fingerprint density at radius 2 is 0.855 bits per heavy atom. The average molecular weight is 811 g/mol. The van der Waals surface area contributed by atoms with Gasteiger partial charge in [0.2, 0.25) is 0 Å². The van der Waals surface area contributed by atoms with E-state index in [1.54, 1.807) is 0 Å². The van der Waals surface area contributed by atoms with Gasteiger partial charge in [0.25, 0.3) is 6.71 Å². The molecule has 10 rings (SSSR count). The largest absolute Gasteiger partial charge is 0.456 e. The maximum Gasteiger partial charge on any atom is 0.252 e. The van der Waals surface area contributed by atoms with Crippen molar-refractivity contribution in [2.75, 3.05) is 9.80 Å². The van der Waals surface area contributed by atoms with Gasteiger partial charge in [0.05, 0.1) is 0 Å². The molecule has 2 aliphatic rings. The fraction of sp³-hybridized carbons (Fsp3) is 0.276. The molecule has 0 radical (unpaired) electrons. The molecular weight excluding hydrogens is 751 g/mol. The van der Waals surface area contributed by atoms with E-state index in [4.69, 9.17) is 4.42 Å². The first kappa shape index (κ1) is 40.1. The van der Waals surface area contributed by atoms with E-state index in [1.165, 1.54) is 78.2 Å². The Balaban J connectivity index is 1.25. The van der Waals surface area contributed by atoms with Crippen molar-refractivity contribution in [3.05, 3.63) is 162 Å². The highest BCUT2D eigenvalue weighted by molar-refractivity contribution is 7.00. The Morgan fingerprint density at radius 3 is 1.37 bits per heavy atom. The average Bonchev–Trinajstić information content (AvgIpc) is 3.61. The molecular formula is C58H59BN2O. The molecule has 0 unspecified atom stereocenters. The number of hydrogen-bond donors (Lipinski definition) is 0. The summed E-state index contributed by atoms with van der Waals surface area (Å²) in [6.07, 6.45) is 0. The lowest BCUT2D eigenvalue weighted by Crippen LogP contribution is -2.61. The van der Waals surface area contributed by atoms with Crippen LogP contribution in [0.5, 0.6) is 0 Å². The van der Waals surface area contributed by atoms with Gasteiger partial charge in [-0.3, -0.25) is 0 Å². The summed E-state index contributed by atoms with van der Waals surface area (Å²) < 4.78 is 6.32. The highest BCUT2D eigenvalue weighted by atomic mass is 16.3. The van der Waals surface area contributed by atoms with Crippen LogP contribution in [0.15, 0.2) is 144 Å². The molecule has 62 heavy (non-hydrogen) atoms. The summed E-state index contributed by atoms with van der Waals surface area (Å²) in [7, 11) is 0. The van der Waals surface area contributed by atoms with Crippen LogP contribution >= 0.6 is 0 Å². The van der Waals surface area contributed by atoms with E-state index < -0.39 is 0 Å². The lowest BCUT2D eigenvalue weighted by molar-refractivity contribution is 0.589. The second-order valence-corrected chi connectivity index (χ2v) is 21.9. The van der Waals surface area contributed by atoms with Crippen LogP contribution in [-0.4, -0.2) is 6.71 Å². The molecule has 3 heterocycles. The predicted octanol–water partition coefficient (Wildman–Crippen LogP) is 14.5. The van der Waals surface area contributed by atoms with Crippen molar-refractivity contribution in [3.8, 4) is 11.1 Å². The number of rotatable bonds is 3. The fourth-order valence-corrected chi connectivity index (χ4v) is 9.83. The van der Waals surface area contributed by atoms with Crippen LogP contribution in [0.25, 0.3) is 33.1 Å². The van der Waals surface area contributed by atoms with Crippen molar-refractivity contribution in [3.63, 3.8) is 0 Å². The molecule has 3 nitrogen and oxygen atoms in total. The van der Waals surface area contributed by atoms with E-state index in [1.807, 2.05) is 6.07 Å². The number of para-hydroxylation sites is 1. The molecule has 0 fully saturated rings. The van der Waals surface area contributed by atoms with Crippen molar-refractivity contribution < 1.29 is 4.42 Å². The zero-order valence-corrected chi connectivity index (χ0v) is 38.7. The second-order valence-electron chi connectivity index (χ2n) is 21.9. The van der Waals surface area contributed by atoms with Crippen LogP contribution in [0.4, 0.5) is 34.1 Å². The molecule has 0 amide bonds. The Morgan fingerprint density at radius 1 is 0.403 bits per heavy atom. The van der Waals surface area contributed by atoms with Crippen molar-refractivity contribution in [2.45, 2.75) is 105 Å². The first-order chi connectivity index (χ1) is 29.3. The van der Waals surface area contributed by atoms with Gasteiger partial charge in [-0.1, -0.05) is 162 Å². The van der Waals surface area contributed by atoms with Crippen LogP contribution in [0.2, 0.25) is 0 Å². The van der Waals surface area contributed by atoms with E-state index in [0.29, 0.717) is 0 Å². The third-order valence-electron chi connectivity index (χ3n) is 13.5. The maximum atomic E-state index is 6.32. The minimum atomic E-state index is -0.106. The summed E-state index contributed by atoms with van der Waals surface area (Å²) in [5, 5.41) is 2.30. The first-order valence-corrected chi connectivity index (χ1v) is 22.5. The summed E-state index contributed by atoms with van der Waals surface area (Å²) in [6, 6.07) is 53.0. The van der Waals surface area contributed by atoms with Crippen LogP contribution in [0.3, 0.4) is 0 Å². The Kier molecular flexibility index (Phi) is 8.89. The Hall–Kier alpha value is -6.00. The van der Waals surface area contributed by atoms with Crippen molar-refractivity contribution in [2.24, 2.45) is 0 Å². The Bertz CT molecular complexity index is 3050. The normalized spacial score (nSPS) is 14.0. The number of fused-ring (bicyclic) bond motifs is 7. The van der Waals surface area contributed by atoms with E-state index in [9.17, 15) is 0 Å². The lowest BCUT2D eigenvalue weighted by atomic mass is 9.33. The molecule has 310 valence electrons. The standard InChI is InChI=1S/C58H59BN2O/c1-55(2,3)37-22-28-42(29-23-37)61-48-33-39(57(7,8)9)25-31-46(48)59-45-30-24-38(56(4,5)6)32-47(45)60(49-34-40(58(10,11)12)35-50(61)54(49)59)41-26-20-36(21-27-41)43-17-15-19-52-53(43)44-16-13-14-18-51(44)62-52/h13-35H,1-12H3. The molecule has 1 aromatic heterocycles.